The summed E-state index contributed by atoms with van der Waals surface area (Å²) < 4.78 is 5.20. The molecular weight excluding hydrogens is 282 g/mol. The molecule has 1 amide bonds. The highest BCUT2D eigenvalue weighted by Gasteiger charge is 2.07. The molecule has 0 atom stereocenters. The monoisotopic (exact) mass is 301 g/mol. The van der Waals surface area contributed by atoms with Crippen LogP contribution in [0.25, 0.3) is 0 Å². The molecule has 0 aliphatic heterocycles. The van der Waals surface area contributed by atoms with E-state index in [1.807, 2.05) is 49.4 Å². The number of nitrogens with one attached hydrogen (secondary N) is 1. The molecule has 0 heterocycles. The predicted octanol–water partition coefficient (Wildman–Crippen LogP) is 4.20. The molecule has 110 valence electrons. The summed E-state index contributed by atoms with van der Waals surface area (Å²) in [5.74, 6) is -0.0236. The average molecular weight is 301 g/mol. The number of carbonyl (C=O) groups is 1. The van der Waals surface area contributed by atoms with Gasteiger partial charge in [0.15, 0.2) is 0 Å². The quantitative estimate of drug-likeness (QED) is 0.779. The number of hydrogen-bond donors (Lipinski definition) is 1. The van der Waals surface area contributed by atoms with Gasteiger partial charge in [-0.3, -0.25) is 4.79 Å². The van der Waals surface area contributed by atoms with Gasteiger partial charge in [0.2, 0.25) is 5.91 Å². The fraction of sp³-hybridized carbons (Fsp3) is 0.235. The Kier molecular flexibility index (Phi) is 6.31. The number of amides is 1. The van der Waals surface area contributed by atoms with E-state index in [9.17, 15) is 4.79 Å². The van der Waals surface area contributed by atoms with E-state index >= 15 is 0 Å². The zero-order valence-electron chi connectivity index (χ0n) is 12.0. The van der Waals surface area contributed by atoms with E-state index in [0.717, 1.165) is 15.5 Å². The smallest absolute Gasteiger partial charge is 0.226 e. The molecule has 4 heteroatoms. The van der Waals surface area contributed by atoms with Crippen LogP contribution in [0.5, 0.6) is 0 Å². The summed E-state index contributed by atoms with van der Waals surface area (Å²) in [6, 6.07) is 17.9. The van der Waals surface area contributed by atoms with E-state index in [-0.39, 0.29) is 5.91 Å². The van der Waals surface area contributed by atoms with E-state index in [0.29, 0.717) is 19.6 Å². The van der Waals surface area contributed by atoms with E-state index < -0.39 is 0 Å². The summed E-state index contributed by atoms with van der Waals surface area (Å²) in [5.41, 5.74) is 0.841. The highest BCUT2D eigenvalue weighted by molar-refractivity contribution is 7.99. The lowest BCUT2D eigenvalue weighted by atomic mass is 10.3. The molecule has 0 unspecified atom stereocenters. The van der Waals surface area contributed by atoms with Gasteiger partial charge in [0.05, 0.1) is 18.7 Å². The molecule has 0 spiro atoms. The minimum absolute atomic E-state index is 0.0236. The lowest BCUT2D eigenvalue weighted by Crippen LogP contribution is -2.14. The van der Waals surface area contributed by atoms with Crippen molar-refractivity contribution in [3.05, 3.63) is 54.6 Å². The fourth-order valence-electron chi connectivity index (χ4n) is 1.80. The van der Waals surface area contributed by atoms with E-state index in [1.165, 1.54) is 0 Å². The third-order valence-corrected chi connectivity index (χ3v) is 3.89. The maximum Gasteiger partial charge on any atom is 0.226 e. The zero-order chi connectivity index (χ0) is 14.9. The van der Waals surface area contributed by atoms with Crippen molar-refractivity contribution in [3.63, 3.8) is 0 Å². The van der Waals surface area contributed by atoms with Crippen LogP contribution in [-0.4, -0.2) is 19.1 Å². The molecule has 3 nitrogen and oxygen atoms in total. The van der Waals surface area contributed by atoms with Crippen LogP contribution in [0, 0.1) is 0 Å². The second-order valence-electron chi connectivity index (χ2n) is 4.41. The van der Waals surface area contributed by atoms with Gasteiger partial charge in [0.25, 0.3) is 0 Å². The van der Waals surface area contributed by atoms with Crippen molar-refractivity contribution in [1.29, 1.82) is 0 Å². The largest absolute Gasteiger partial charge is 0.381 e. The molecule has 0 saturated heterocycles. The first-order chi connectivity index (χ1) is 10.3. The second-order valence-corrected chi connectivity index (χ2v) is 5.52. The third-order valence-electron chi connectivity index (χ3n) is 2.81. The van der Waals surface area contributed by atoms with Crippen LogP contribution in [-0.2, 0) is 9.53 Å². The molecular formula is C17H19NO2S. The maximum absolute atomic E-state index is 11.9. The van der Waals surface area contributed by atoms with Gasteiger partial charge in [-0.05, 0) is 31.2 Å². The van der Waals surface area contributed by atoms with Crippen molar-refractivity contribution in [2.24, 2.45) is 0 Å². The van der Waals surface area contributed by atoms with Gasteiger partial charge in [0, 0.05) is 16.4 Å². The summed E-state index contributed by atoms with van der Waals surface area (Å²) in [7, 11) is 0. The fourth-order valence-corrected chi connectivity index (χ4v) is 2.72. The Hall–Kier alpha value is -1.78. The van der Waals surface area contributed by atoms with Crippen LogP contribution in [0.3, 0.4) is 0 Å². The van der Waals surface area contributed by atoms with Gasteiger partial charge in [-0.25, -0.2) is 0 Å². The highest BCUT2D eigenvalue weighted by atomic mass is 32.2. The van der Waals surface area contributed by atoms with Crippen molar-refractivity contribution < 1.29 is 9.53 Å². The number of rotatable bonds is 7. The Bertz CT molecular complexity index is 572. The minimum atomic E-state index is -0.0236. The molecule has 0 aliphatic carbocycles. The van der Waals surface area contributed by atoms with Crippen molar-refractivity contribution in [2.45, 2.75) is 23.1 Å². The standard InChI is InChI=1S/C17H19NO2S/c1-2-20-13-12-17(19)18-15-10-6-7-11-16(15)21-14-8-4-3-5-9-14/h3-11H,2,12-13H2,1H3,(H,18,19). The van der Waals surface area contributed by atoms with Crippen molar-refractivity contribution >= 4 is 23.4 Å². The maximum atomic E-state index is 11.9. The lowest BCUT2D eigenvalue weighted by Gasteiger charge is -2.10. The predicted molar refractivity (Wildman–Crippen MR) is 86.7 cm³/mol. The number of hydrogen-bond acceptors (Lipinski definition) is 3. The molecule has 2 aromatic carbocycles. The molecule has 1 N–H and O–H groups in total. The van der Waals surface area contributed by atoms with Gasteiger partial charge >= 0.3 is 0 Å². The van der Waals surface area contributed by atoms with Crippen LogP contribution in [0.1, 0.15) is 13.3 Å². The second kappa shape index (κ2) is 8.49. The van der Waals surface area contributed by atoms with E-state index in [4.69, 9.17) is 4.74 Å². The number of anilines is 1. The molecule has 0 aromatic heterocycles. The number of para-hydroxylation sites is 1. The number of ether oxygens (including phenoxy) is 1. The Morgan fingerprint density at radius 2 is 1.81 bits per heavy atom. The van der Waals surface area contributed by atoms with Crippen LogP contribution >= 0.6 is 11.8 Å². The first kappa shape index (κ1) is 15.6. The molecule has 21 heavy (non-hydrogen) atoms. The van der Waals surface area contributed by atoms with Gasteiger partial charge in [-0.1, -0.05) is 42.1 Å². The van der Waals surface area contributed by atoms with Crippen molar-refractivity contribution in [1.82, 2.24) is 0 Å². The zero-order valence-corrected chi connectivity index (χ0v) is 12.9. The molecule has 2 aromatic rings. The summed E-state index contributed by atoms with van der Waals surface area (Å²) >= 11 is 1.64. The van der Waals surface area contributed by atoms with Gasteiger partial charge in [-0.15, -0.1) is 0 Å². The Morgan fingerprint density at radius 3 is 2.57 bits per heavy atom. The summed E-state index contributed by atoms with van der Waals surface area (Å²) in [5, 5.41) is 2.95. The highest BCUT2D eigenvalue weighted by Crippen LogP contribution is 2.33. The van der Waals surface area contributed by atoms with Crippen LogP contribution in [0.2, 0.25) is 0 Å². The molecule has 2 rings (SSSR count). The number of benzene rings is 2. The summed E-state index contributed by atoms with van der Waals surface area (Å²) in [6.07, 6.45) is 0.373. The van der Waals surface area contributed by atoms with Crippen LogP contribution < -0.4 is 5.32 Å². The molecule has 0 bridgehead atoms. The van der Waals surface area contributed by atoms with Crippen molar-refractivity contribution in [3.8, 4) is 0 Å². The number of carbonyl (C=O) groups excluding carboxylic acids is 1. The first-order valence-electron chi connectivity index (χ1n) is 6.99. The van der Waals surface area contributed by atoms with Gasteiger partial charge < -0.3 is 10.1 Å². The Morgan fingerprint density at radius 1 is 1.10 bits per heavy atom. The van der Waals surface area contributed by atoms with Gasteiger partial charge in [0.1, 0.15) is 0 Å². The third kappa shape index (κ3) is 5.25. The lowest BCUT2D eigenvalue weighted by molar-refractivity contribution is -0.117. The topological polar surface area (TPSA) is 38.3 Å². The Labute approximate surface area is 129 Å². The molecule has 0 saturated carbocycles. The van der Waals surface area contributed by atoms with Crippen LogP contribution in [0.4, 0.5) is 5.69 Å². The van der Waals surface area contributed by atoms with E-state index in [1.54, 1.807) is 11.8 Å². The average Bonchev–Trinajstić information content (AvgIpc) is 2.51. The molecule has 0 radical (unpaired) electrons. The summed E-state index contributed by atoms with van der Waals surface area (Å²) in [6.45, 7) is 3.01. The summed E-state index contributed by atoms with van der Waals surface area (Å²) in [4.78, 5) is 14.1. The Balaban J connectivity index is 2.01. The van der Waals surface area contributed by atoms with Crippen LogP contribution in [0.15, 0.2) is 64.4 Å². The van der Waals surface area contributed by atoms with Crippen molar-refractivity contribution in [2.75, 3.05) is 18.5 Å². The molecule has 0 fully saturated rings. The molecule has 0 aliphatic rings. The van der Waals surface area contributed by atoms with E-state index in [2.05, 4.69) is 17.4 Å². The van der Waals surface area contributed by atoms with Gasteiger partial charge in [-0.2, -0.15) is 0 Å². The minimum Gasteiger partial charge on any atom is -0.381 e. The SMILES string of the molecule is CCOCCC(=O)Nc1ccccc1Sc1ccccc1. The normalized spacial score (nSPS) is 10.3. The first-order valence-corrected chi connectivity index (χ1v) is 7.80.